The molecule has 0 unspecified atom stereocenters. The van der Waals surface area contributed by atoms with E-state index in [1.54, 1.807) is 12.1 Å². The molecule has 148 valence electrons. The first-order chi connectivity index (χ1) is 13.2. The maximum atomic E-state index is 12.2. The average Bonchev–Trinajstić information content (AvgIpc) is 2.61. The number of thiocarbonyl (C=S) groups is 1. The highest BCUT2D eigenvalue weighted by Crippen LogP contribution is 2.27. The molecule has 2 rings (SSSR count). The molecule has 2 aromatic rings. The Balaban J connectivity index is 1.98. The molecule has 2 aromatic carbocycles. The van der Waals surface area contributed by atoms with E-state index in [2.05, 4.69) is 24.5 Å². The number of carboxylic acids is 1. The number of ether oxygens (including phenoxy) is 1. The van der Waals surface area contributed by atoms with Gasteiger partial charge >= 0.3 is 5.97 Å². The Morgan fingerprint density at radius 1 is 1.21 bits per heavy atom. The zero-order valence-electron chi connectivity index (χ0n) is 15.7. The highest BCUT2D eigenvalue weighted by atomic mass is 127. The van der Waals surface area contributed by atoms with Gasteiger partial charge in [-0.15, -0.1) is 0 Å². The van der Waals surface area contributed by atoms with Crippen molar-refractivity contribution < 1.29 is 19.4 Å². The van der Waals surface area contributed by atoms with Crippen LogP contribution < -0.4 is 15.4 Å². The predicted octanol–water partition coefficient (Wildman–Crippen LogP) is 4.31. The zero-order valence-corrected chi connectivity index (χ0v) is 18.7. The molecule has 0 spiro atoms. The van der Waals surface area contributed by atoms with Gasteiger partial charge in [0, 0.05) is 3.57 Å². The zero-order chi connectivity index (χ0) is 20.8. The second-order valence-corrected chi connectivity index (χ2v) is 8.14. The number of anilines is 1. The van der Waals surface area contributed by atoms with Gasteiger partial charge in [0.1, 0.15) is 5.75 Å². The van der Waals surface area contributed by atoms with Gasteiger partial charge in [0.05, 0.1) is 11.3 Å². The van der Waals surface area contributed by atoms with Gasteiger partial charge in [0.25, 0.3) is 5.91 Å². The number of carbonyl (C=O) groups is 2. The van der Waals surface area contributed by atoms with Gasteiger partial charge in [-0.05, 0) is 83.0 Å². The van der Waals surface area contributed by atoms with Gasteiger partial charge in [-0.1, -0.05) is 26.0 Å². The molecular formula is C20H21IN2O4S. The summed E-state index contributed by atoms with van der Waals surface area (Å²) in [4.78, 5) is 23.5. The molecule has 0 aromatic heterocycles. The van der Waals surface area contributed by atoms with Crippen LogP contribution in [-0.2, 0) is 4.79 Å². The topological polar surface area (TPSA) is 87.7 Å². The molecule has 0 saturated heterocycles. The van der Waals surface area contributed by atoms with Gasteiger partial charge in [-0.25, -0.2) is 4.79 Å². The smallest absolute Gasteiger partial charge is 0.337 e. The van der Waals surface area contributed by atoms with Crippen molar-refractivity contribution in [1.82, 2.24) is 5.32 Å². The summed E-state index contributed by atoms with van der Waals surface area (Å²) in [6, 6.07) is 10.7. The fraction of sp³-hybridized carbons (Fsp3) is 0.250. The van der Waals surface area contributed by atoms with Crippen LogP contribution >= 0.6 is 34.8 Å². The van der Waals surface area contributed by atoms with E-state index in [0.29, 0.717) is 11.4 Å². The van der Waals surface area contributed by atoms with Gasteiger partial charge in [-0.2, -0.15) is 0 Å². The molecule has 1 amide bonds. The third-order valence-corrected chi connectivity index (χ3v) is 4.74. The van der Waals surface area contributed by atoms with Crippen LogP contribution in [0.3, 0.4) is 0 Å². The summed E-state index contributed by atoms with van der Waals surface area (Å²) in [5.74, 6) is -0.596. The molecule has 6 nitrogen and oxygen atoms in total. The number of benzene rings is 2. The second-order valence-electron chi connectivity index (χ2n) is 6.48. The van der Waals surface area contributed by atoms with E-state index in [1.165, 1.54) is 6.07 Å². The maximum absolute atomic E-state index is 12.2. The van der Waals surface area contributed by atoms with E-state index in [0.717, 1.165) is 14.7 Å². The third kappa shape index (κ3) is 6.16. The Bertz CT molecular complexity index is 915. The van der Waals surface area contributed by atoms with Crippen molar-refractivity contribution in [2.24, 2.45) is 0 Å². The van der Waals surface area contributed by atoms with E-state index in [4.69, 9.17) is 17.0 Å². The molecular weight excluding hydrogens is 491 g/mol. The van der Waals surface area contributed by atoms with Crippen molar-refractivity contribution in [2.45, 2.75) is 26.7 Å². The van der Waals surface area contributed by atoms with Crippen molar-refractivity contribution in [2.75, 3.05) is 11.9 Å². The first-order valence-corrected chi connectivity index (χ1v) is 10.0. The number of aryl methyl sites for hydroxylation is 1. The Hall–Kier alpha value is -2.20. The number of carboxylic acid groups (broad SMARTS) is 1. The van der Waals surface area contributed by atoms with Crippen LogP contribution in [-0.4, -0.2) is 28.7 Å². The van der Waals surface area contributed by atoms with Gasteiger partial charge < -0.3 is 15.2 Å². The molecule has 0 heterocycles. The molecule has 0 saturated carbocycles. The number of nitrogens with one attached hydrogen (secondary N) is 2. The lowest BCUT2D eigenvalue weighted by Crippen LogP contribution is -2.37. The lowest BCUT2D eigenvalue weighted by molar-refractivity contribution is -0.121. The fourth-order valence-corrected chi connectivity index (χ4v) is 3.22. The number of halogens is 1. The van der Waals surface area contributed by atoms with Gasteiger partial charge in [-0.3, -0.25) is 10.1 Å². The largest absolute Gasteiger partial charge is 0.483 e. The third-order valence-electron chi connectivity index (χ3n) is 3.86. The number of hydrogen-bond acceptors (Lipinski definition) is 4. The van der Waals surface area contributed by atoms with Crippen LogP contribution in [0.5, 0.6) is 5.75 Å². The molecule has 0 fully saturated rings. The van der Waals surface area contributed by atoms with Crippen molar-refractivity contribution in [3.05, 3.63) is 56.7 Å². The van der Waals surface area contributed by atoms with Crippen molar-refractivity contribution in [3.63, 3.8) is 0 Å². The molecule has 0 bridgehead atoms. The number of aromatic carboxylic acids is 1. The predicted molar refractivity (Wildman–Crippen MR) is 121 cm³/mol. The lowest BCUT2D eigenvalue weighted by Gasteiger charge is -2.15. The number of carbonyl (C=O) groups excluding carboxylic acids is 1. The molecule has 0 aliphatic heterocycles. The molecule has 0 aliphatic carbocycles. The molecule has 3 N–H and O–H groups in total. The summed E-state index contributed by atoms with van der Waals surface area (Å²) in [6.45, 7) is 5.86. The Labute approximate surface area is 182 Å². The minimum absolute atomic E-state index is 0.00522. The number of amides is 1. The number of rotatable bonds is 6. The quantitative estimate of drug-likeness (QED) is 0.395. The van der Waals surface area contributed by atoms with Crippen LogP contribution in [0.2, 0.25) is 0 Å². The summed E-state index contributed by atoms with van der Waals surface area (Å²) in [7, 11) is 0. The highest BCUT2D eigenvalue weighted by molar-refractivity contribution is 14.1. The molecule has 8 heteroatoms. The average molecular weight is 512 g/mol. The fourth-order valence-electron chi connectivity index (χ4n) is 2.51. The maximum Gasteiger partial charge on any atom is 0.337 e. The summed E-state index contributed by atoms with van der Waals surface area (Å²) in [5, 5.41) is 14.6. The normalized spacial score (nSPS) is 10.5. The summed E-state index contributed by atoms with van der Waals surface area (Å²) < 4.78 is 6.46. The van der Waals surface area contributed by atoms with Crippen molar-refractivity contribution >= 4 is 57.5 Å². The monoisotopic (exact) mass is 512 g/mol. The SMILES string of the molecule is Cc1ccc(C(C)C)c(OCC(=O)NC(=S)Nc2ccc(I)cc2C(=O)O)c1. The van der Waals surface area contributed by atoms with E-state index >= 15 is 0 Å². The van der Waals surface area contributed by atoms with Crippen molar-refractivity contribution in [3.8, 4) is 5.75 Å². The Morgan fingerprint density at radius 3 is 2.57 bits per heavy atom. The van der Waals surface area contributed by atoms with Crippen molar-refractivity contribution in [1.29, 1.82) is 0 Å². The van der Waals surface area contributed by atoms with Crippen LogP contribution in [0, 0.1) is 10.5 Å². The molecule has 0 aliphatic rings. The Kier molecular flexibility index (Phi) is 7.76. The summed E-state index contributed by atoms with van der Waals surface area (Å²) in [5.41, 5.74) is 2.43. The minimum atomic E-state index is -1.08. The standard InChI is InChI=1S/C20H21IN2O4S/c1-11(2)14-6-4-12(3)8-17(14)27-10-18(24)23-20(28)22-16-7-5-13(21)9-15(16)19(25)26/h4-9,11H,10H2,1-3H3,(H,25,26)(H2,22,23,24,28). The lowest BCUT2D eigenvalue weighted by atomic mass is 10.0. The van der Waals surface area contributed by atoms with Gasteiger partial charge in [0.15, 0.2) is 11.7 Å². The minimum Gasteiger partial charge on any atom is -0.483 e. The summed E-state index contributed by atoms with van der Waals surface area (Å²) >= 11 is 7.14. The molecule has 0 radical (unpaired) electrons. The summed E-state index contributed by atoms with van der Waals surface area (Å²) in [6.07, 6.45) is 0. The first kappa shape index (κ1) is 22.1. The van der Waals surface area contributed by atoms with Crippen LogP contribution in [0.1, 0.15) is 41.3 Å². The molecule has 0 atom stereocenters. The first-order valence-electron chi connectivity index (χ1n) is 8.54. The van der Waals surface area contributed by atoms with Crippen LogP contribution in [0.25, 0.3) is 0 Å². The second kappa shape index (κ2) is 9.83. The van der Waals surface area contributed by atoms with E-state index in [1.807, 2.05) is 47.7 Å². The van der Waals surface area contributed by atoms with Crippen LogP contribution in [0.4, 0.5) is 5.69 Å². The van der Waals surface area contributed by atoms with E-state index < -0.39 is 11.9 Å². The number of hydrogen-bond donors (Lipinski definition) is 3. The molecule has 28 heavy (non-hydrogen) atoms. The highest BCUT2D eigenvalue weighted by Gasteiger charge is 2.14. The van der Waals surface area contributed by atoms with E-state index in [9.17, 15) is 14.7 Å². The Morgan fingerprint density at radius 2 is 1.93 bits per heavy atom. The van der Waals surface area contributed by atoms with Crippen LogP contribution in [0.15, 0.2) is 36.4 Å². The van der Waals surface area contributed by atoms with E-state index in [-0.39, 0.29) is 23.2 Å². The van der Waals surface area contributed by atoms with Gasteiger partial charge in [0.2, 0.25) is 0 Å².